The van der Waals surface area contributed by atoms with Crippen LogP contribution < -0.4 is 16.4 Å². The highest BCUT2D eigenvalue weighted by Crippen LogP contribution is 2.23. The van der Waals surface area contributed by atoms with Crippen LogP contribution in [-0.4, -0.2) is 11.2 Å². The van der Waals surface area contributed by atoms with E-state index in [-0.39, 0.29) is 0 Å². The molecule has 0 bridgehead atoms. The van der Waals surface area contributed by atoms with Crippen molar-refractivity contribution >= 4 is 23.2 Å². The lowest BCUT2D eigenvalue weighted by Crippen LogP contribution is -2.20. The number of urea groups is 1. The Balaban J connectivity index is 1.68. The number of carbonyl (C=O) groups excluding carboxylic acids is 1. The molecule has 0 radical (unpaired) electrons. The molecule has 3 rings (SSSR count). The fourth-order valence-electron chi connectivity index (χ4n) is 2.14. The second-order valence-corrected chi connectivity index (χ2v) is 5.11. The minimum atomic E-state index is -0.437. The summed E-state index contributed by atoms with van der Waals surface area (Å²) in [4.78, 5) is 12.0. The second-order valence-electron chi connectivity index (χ2n) is 5.11. The number of hydrogen-bond acceptors (Lipinski definition) is 4. The summed E-state index contributed by atoms with van der Waals surface area (Å²) in [6, 6.07) is 16.2. The Morgan fingerprint density at radius 3 is 2.61 bits per heavy atom. The lowest BCUT2D eigenvalue weighted by atomic mass is 10.2. The van der Waals surface area contributed by atoms with E-state index in [2.05, 4.69) is 15.8 Å². The van der Waals surface area contributed by atoms with Crippen LogP contribution in [0.4, 0.5) is 22.0 Å². The predicted molar refractivity (Wildman–Crippen MR) is 90.2 cm³/mol. The van der Waals surface area contributed by atoms with Crippen LogP contribution in [0.2, 0.25) is 0 Å². The van der Waals surface area contributed by atoms with Crippen molar-refractivity contribution in [3.05, 3.63) is 60.2 Å². The van der Waals surface area contributed by atoms with Gasteiger partial charge in [0.25, 0.3) is 0 Å². The average molecular weight is 308 g/mol. The third-order valence-corrected chi connectivity index (χ3v) is 3.27. The van der Waals surface area contributed by atoms with Crippen LogP contribution in [-0.2, 0) is 0 Å². The van der Waals surface area contributed by atoms with Gasteiger partial charge in [-0.1, -0.05) is 41.6 Å². The molecule has 116 valence electrons. The zero-order valence-electron chi connectivity index (χ0n) is 12.5. The number of nitrogen functional groups attached to an aromatic ring is 1. The quantitative estimate of drug-likeness (QED) is 0.640. The number of aromatic nitrogens is 1. The molecular weight excluding hydrogens is 292 g/mol. The van der Waals surface area contributed by atoms with Crippen LogP contribution in [0.5, 0.6) is 0 Å². The molecule has 0 aliphatic heterocycles. The first-order valence-corrected chi connectivity index (χ1v) is 7.08. The normalized spacial score (nSPS) is 10.3. The maximum Gasteiger partial charge on any atom is 0.325 e. The number of hydrogen-bond donors (Lipinski definition) is 3. The maximum atomic E-state index is 12.0. The highest BCUT2D eigenvalue weighted by molar-refractivity contribution is 6.01. The first kappa shape index (κ1) is 14.6. The van der Waals surface area contributed by atoms with Crippen molar-refractivity contribution in [3.8, 4) is 11.3 Å². The fraction of sp³-hybridized carbons (Fsp3) is 0.0588. The van der Waals surface area contributed by atoms with Crippen molar-refractivity contribution in [2.24, 2.45) is 0 Å². The Bertz CT molecular complexity index is 828. The molecule has 6 heteroatoms. The molecule has 0 spiro atoms. The molecule has 2 amide bonds. The number of nitrogens with two attached hydrogens (primary N) is 1. The summed E-state index contributed by atoms with van der Waals surface area (Å²) in [6.07, 6.45) is 0. The third kappa shape index (κ3) is 3.49. The van der Waals surface area contributed by atoms with E-state index in [1.165, 1.54) is 0 Å². The molecular formula is C17H16N4O2. The molecule has 0 fully saturated rings. The molecule has 0 aliphatic carbocycles. The first-order chi connectivity index (χ1) is 11.1. The second kappa shape index (κ2) is 6.23. The number of rotatable bonds is 3. The highest BCUT2D eigenvalue weighted by Gasteiger charge is 2.10. The van der Waals surface area contributed by atoms with Gasteiger partial charge in [0.1, 0.15) is 0 Å². The minimum absolute atomic E-state index is 0.326. The third-order valence-electron chi connectivity index (χ3n) is 3.27. The van der Waals surface area contributed by atoms with Gasteiger partial charge in [-0.15, -0.1) is 0 Å². The van der Waals surface area contributed by atoms with Crippen LogP contribution in [0.15, 0.2) is 59.1 Å². The molecule has 2 aromatic carbocycles. The van der Waals surface area contributed by atoms with Crippen molar-refractivity contribution in [2.45, 2.75) is 6.92 Å². The SMILES string of the molecule is Cc1ccc(NC(=O)Nc2cc(-c3ccccc3)on2)c(N)c1. The standard InChI is InChI=1S/C17H16N4O2/c1-11-7-8-14(13(18)9-11)19-17(22)20-16-10-15(23-21-16)12-5-3-2-4-6-12/h2-10H,18H2,1H3,(H2,19,20,21,22). The number of carbonyl (C=O) groups is 1. The number of anilines is 3. The van der Waals surface area contributed by atoms with Crippen molar-refractivity contribution in [3.63, 3.8) is 0 Å². The van der Waals surface area contributed by atoms with Crippen LogP contribution >= 0.6 is 0 Å². The van der Waals surface area contributed by atoms with Gasteiger partial charge in [-0.05, 0) is 24.6 Å². The van der Waals surface area contributed by atoms with Gasteiger partial charge in [-0.3, -0.25) is 5.32 Å². The molecule has 1 heterocycles. The van der Waals surface area contributed by atoms with Gasteiger partial charge in [-0.25, -0.2) is 4.79 Å². The molecule has 0 saturated carbocycles. The van der Waals surface area contributed by atoms with Crippen LogP contribution in [0.1, 0.15) is 5.56 Å². The van der Waals surface area contributed by atoms with Gasteiger partial charge in [0, 0.05) is 11.6 Å². The van der Waals surface area contributed by atoms with Gasteiger partial charge < -0.3 is 15.6 Å². The van der Waals surface area contributed by atoms with Gasteiger partial charge in [0.2, 0.25) is 0 Å². The maximum absolute atomic E-state index is 12.0. The summed E-state index contributed by atoms with van der Waals surface area (Å²) >= 11 is 0. The summed E-state index contributed by atoms with van der Waals surface area (Å²) in [5.41, 5.74) is 8.82. The van der Waals surface area contributed by atoms with E-state index in [4.69, 9.17) is 10.3 Å². The molecule has 0 saturated heterocycles. The number of aryl methyl sites for hydroxylation is 1. The van der Waals surface area contributed by atoms with Crippen LogP contribution in [0.3, 0.4) is 0 Å². The number of nitrogens with zero attached hydrogens (tertiary/aromatic N) is 1. The van der Waals surface area contributed by atoms with Gasteiger partial charge in [0.15, 0.2) is 11.6 Å². The predicted octanol–water partition coefficient (Wildman–Crippen LogP) is 3.88. The lowest BCUT2D eigenvalue weighted by Gasteiger charge is -2.08. The summed E-state index contributed by atoms with van der Waals surface area (Å²) < 4.78 is 5.22. The Morgan fingerprint density at radius 1 is 1.09 bits per heavy atom. The first-order valence-electron chi connectivity index (χ1n) is 7.08. The largest absolute Gasteiger partial charge is 0.397 e. The molecule has 4 N–H and O–H groups in total. The van der Waals surface area contributed by atoms with Crippen molar-refractivity contribution < 1.29 is 9.32 Å². The fourth-order valence-corrected chi connectivity index (χ4v) is 2.14. The Labute approximate surface area is 133 Å². The smallest absolute Gasteiger partial charge is 0.325 e. The molecule has 0 aliphatic rings. The molecule has 6 nitrogen and oxygen atoms in total. The molecule has 23 heavy (non-hydrogen) atoms. The molecule has 1 aromatic heterocycles. The van der Waals surface area contributed by atoms with E-state index < -0.39 is 6.03 Å². The highest BCUT2D eigenvalue weighted by atomic mass is 16.5. The zero-order valence-corrected chi connectivity index (χ0v) is 12.5. The lowest BCUT2D eigenvalue weighted by molar-refractivity contribution is 0.262. The molecule has 0 atom stereocenters. The van der Waals surface area contributed by atoms with Crippen molar-refractivity contribution in [2.75, 3.05) is 16.4 Å². The average Bonchev–Trinajstić information content (AvgIpc) is 2.99. The summed E-state index contributed by atoms with van der Waals surface area (Å²) in [6.45, 7) is 1.93. The summed E-state index contributed by atoms with van der Waals surface area (Å²) in [5, 5.41) is 9.12. The van der Waals surface area contributed by atoms with E-state index in [1.807, 2.05) is 43.3 Å². The van der Waals surface area contributed by atoms with Crippen LogP contribution in [0, 0.1) is 6.92 Å². The summed E-state index contributed by atoms with van der Waals surface area (Å²) in [5.74, 6) is 0.905. The van der Waals surface area contributed by atoms with E-state index in [9.17, 15) is 4.79 Å². The van der Waals surface area contributed by atoms with E-state index >= 15 is 0 Å². The van der Waals surface area contributed by atoms with Gasteiger partial charge in [-0.2, -0.15) is 0 Å². The Hall–Kier alpha value is -3.28. The topological polar surface area (TPSA) is 93.2 Å². The van der Waals surface area contributed by atoms with Gasteiger partial charge >= 0.3 is 6.03 Å². The van der Waals surface area contributed by atoms with Crippen molar-refractivity contribution in [1.29, 1.82) is 0 Å². The summed E-state index contributed by atoms with van der Waals surface area (Å²) in [7, 11) is 0. The number of amides is 2. The Kier molecular flexibility index (Phi) is 3.97. The van der Waals surface area contributed by atoms with Crippen LogP contribution in [0.25, 0.3) is 11.3 Å². The molecule has 3 aromatic rings. The Morgan fingerprint density at radius 2 is 1.87 bits per heavy atom. The zero-order chi connectivity index (χ0) is 16.2. The van der Waals surface area contributed by atoms with E-state index in [0.717, 1.165) is 11.1 Å². The monoisotopic (exact) mass is 308 g/mol. The van der Waals surface area contributed by atoms with Gasteiger partial charge in [0.05, 0.1) is 11.4 Å². The van der Waals surface area contributed by atoms with E-state index in [1.54, 1.807) is 18.2 Å². The molecule has 0 unspecified atom stereocenters. The minimum Gasteiger partial charge on any atom is -0.397 e. The van der Waals surface area contributed by atoms with Crippen molar-refractivity contribution in [1.82, 2.24) is 5.16 Å². The number of nitrogens with one attached hydrogen (secondary N) is 2. The van der Waals surface area contributed by atoms with E-state index in [0.29, 0.717) is 23.0 Å². The number of benzene rings is 2.